The number of methoxy groups -OCH3 is 2. The number of Topliss-reactive ketones (excluding diaryl/α,β-unsaturated/α-hetero) is 1. The first-order chi connectivity index (χ1) is 9.24. The molecule has 0 aliphatic rings. The summed E-state index contributed by atoms with van der Waals surface area (Å²) in [5.74, 6) is 1.55. The topological polar surface area (TPSA) is 35.5 Å². The smallest absolute Gasteiger partial charge is 0.167 e. The average molecular weight is 256 g/mol. The highest BCUT2D eigenvalue weighted by Crippen LogP contribution is 2.20. The molecule has 0 aliphatic carbocycles. The van der Waals surface area contributed by atoms with Crippen molar-refractivity contribution >= 4 is 5.78 Å². The molecule has 3 nitrogen and oxygen atoms in total. The van der Waals surface area contributed by atoms with Crippen molar-refractivity contribution in [3.05, 3.63) is 59.7 Å². The van der Waals surface area contributed by atoms with Crippen LogP contribution in [0.5, 0.6) is 11.5 Å². The van der Waals surface area contributed by atoms with Crippen LogP contribution in [0.2, 0.25) is 0 Å². The Morgan fingerprint density at radius 2 is 1.63 bits per heavy atom. The lowest BCUT2D eigenvalue weighted by atomic mass is 10.0. The van der Waals surface area contributed by atoms with E-state index in [-0.39, 0.29) is 5.78 Å². The van der Waals surface area contributed by atoms with Crippen molar-refractivity contribution in [2.24, 2.45) is 0 Å². The largest absolute Gasteiger partial charge is 0.497 e. The second-order valence-corrected chi connectivity index (χ2v) is 4.14. The van der Waals surface area contributed by atoms with Crippen LogP contribution in [0, 0.1) is 0 Å². The van der Waals surface area contributed by atoms with Gasteiger partial charge in [0.2, 0.25) is 0 Å². The number of hydrogen-bond donors (Lipinski definition) is 0. The Balaban J connectivity index is 2.16. The number of ether oxygens (including phenoxy) is 2. The SMILES string of the molecule is COc1ccc(C(=O)Cc2ccccc2OC)cc1. The van der Waals surface area contributed by atoms with E-state index in [9.17, 15) is 4.79 Å². The first kappa shape index (κ1) is 13.1. The second-order valence-electron chi connectivity index (χ2n) is 4.14. The molecule has 2 aromatic carbocycles. The molecule has 0 saturated heterocycles. The molecule has 3 heteroatoms. The minimum Gasteiger partial charge on any atom is -0.497 e. The highest BCUT2D eigenvalue weighted by Gasteiger charge is 2.10. The maximum absolute atomic E-state index is 12.2. The van der Waals surface area contributed by atoms with Gasteiger partial charge in [-0.25, -0.2) is 0 Å². The monoisotopic (exact) mass is 256 g/mol. The lowest BCUT2D eigenvalue weighted by molar-refractivity contribution is 0.0992. The van der Waals surface area contributed by atoms with Gasteiger partial charge < -0.3 is 9.47 Å². The first-order valence-corrected chi connectivity index (χ1v) is 6.03. The zero-order valence-electron chi connectivity index (χ0n) is 11.1. The van der Waals surface area contributed by atoms with Gasteiger partial charge in [-0.2, -0.15) is 0 Å². The van der Waals surface area contributed by atoms with Crippen LogP contribution in [0.25, 0.3) is 0 Å². The molecular weight excluding hydrogens is 240 g/mol. The summed E-state index contributed by atoms with van der Waals surface area (Å²) in [5, 5.41) is 0. The van der Waals surface area contributed by atoms with Gasteiger partial charge in [0.05, 0.1) is 14.2 Å². The summed E-state index contributed by atoms with van der Waals surface area (Å²) in [6, 6.07) is 14.7. The van der Waals surface area contributed by atoms with Crippen LogP contribution < -0.4 is 9.47 Å². The number of ketones is 1. The number of para-hydroxylation sites is 1. The summed E-state index contributed by atoms with van der Waals surface area (Å²) < 4.78 is 10.3. The quantitative estimate of drug-likeness (QED) is 0.771. The minimum atomic E-state index is 0.0622. The van der Waals surface area contributed by atoms with Crippen molar-refractivity contribution in [2.75, 3.05) is 14.2 Å². The van der Waals surface area contributed by atoms with Gasteiger partial charge in [0.25, 0.3) is 0 Å². The van der Waals surface area contributed by atoms with Gasteiger partial charge >= 0.3 is 0 Å². The summed E-state index contributed by atoms with van der Waals surface area (Å²) >= 11 is 0. The summed E-state index contributed by atoms with van der Waals surface area (Å²) in [5.41, 5.74) is 1.57. The van der Waals surface area contributed by atoms with E-state index in [1.165, 1.54) is 0 Å². The molecule has 0 N–H and O–H groups in total. The summed E-state index contributed by atoms with van der Waals surface area (Å²) in [6.07, 6.45) is 0.330. The third kappa shape index (κ3) is 3.13. The maximum Gasteiger partial charge on any atom is 0.167 e. The predicted octanol–water partition coefficient (Wildman–Crippen LogP) is 3.13. The molecule has 0 bridgehead atoms. The van der Waals surface area contributed by atoms with E-state index in [1.54, 1.807) is 38.5 Å². The van der Waals surface area contributed by atoms with Gasteiger partial charge in [-0.05, 0) is 30.3 Å². The van der Waals surface area contributed by atoms with E-state index < -0.39 is 0 Å². The molecule has 0 fully saturated rings. The van der Waals surface area contributed by atoms with Crippen LogP contribution in [-0.2, 0) is 6.42 Å². The van der Waals surface area contributed by atoms with E-state index in [0.717, 1.165) is 17.1 Å². The molecule has 0 aliphatic heterocycles. The zero-order valence-corrected chi connectivity index (χ0v) is 11.1. The molecule has 0 radical (unpaired) electrons. The van der Waals surface area contributed by atoms with Crippen LogP contribution in [0.1, 0.15) is 15.9 Å². The minimum absolute atomic E-state index is 0.0622. The summed E-state index contributed by atoms with van der Waals surface area (Å²) in [4.78, 5) is 12.2. The van der Waals surface area contributed by atoms with Crippen molar-refractivity contribution in [3.63, 3.8) is 0 Å². The second kappa shape index (κ2) is 6.05. The molecule has 0 spiro atoms. The Labute approximate surface area is 112 Å². The Hall–Kier alpha value is -2.29. The van der Waals surface area contributed by atoms with Crippen molar-refractivity contribution in [1.82, 2.24) is 0 Å². The molecule has 0 aromatic heterocycles. The van der Waals surface area contributed by atoms with Gasteiger partial charge in [-0.3, -0.25) is 4.79 Å². The highest BCUT2D eigenvalue weighted by atomic mass is 16.5. The van der Waals surface area contributed by atoms with Crippen molar-refractivity contribution in [3.8, 4) is 11.5 Å². The number of carbonyl (C=O) groups excluding carboxylic acids is 1. The van der Waals surface area contributed by atoms with Crippen LogP contribution in [-0.4, -0.2) is 20.0 Å². The molecule has 0 heterocycles. The zero-order chi connectivity index (χ0) is 13.7. The number of hydrogen-bond acceptors (Lipinski definition) is 3. The average Bonchev–Trinajstić information content (AvgIpc) is 2.48. The fourth-order valence-electron chi connectivity index (χ4n) is 1.90. The van der Waals surface area contributed by atoms with Crippen LogP contribution in [0.4, 0.5) is 0 Å². The molecule has 0 atom stereocenters. The number of benzene rings is 2. The van der Waals surface area contributed by atoms with Gasteiger partial charge in [-0.15, -0.1) is 0 Å². The normalized spacial score (nSPS) is 10.0. The molecule has 0 saturated carbocycles. The van der Waals surface area contributed by atoms with Gasteiger partial charge in [0.15, 0.2) is 5.78 Å². The lowest BCUT2D eigenvalue weighted by Crippen LogP contribution is -2.04. The van der Waals surface area contributed by atoms with Gasteiger partial charge in [0, 0.05) is 17.5 Å². The maximum atomic E-state index is 12.2. The van der Waals surface area contributed by atoms with Gasteiger partial charge in [0.1, 0.15) is 11.5 Å². The highest BCUT2D eigenvalue weighted by molar-refractivity contribution is 5.97. The Morgan fingerprint density at radius 1 is 0.947 bits per heavy atom. The molecule has 19 heavy (non-hydrogen) atoms. The molecule has 0 unspecified atom stereocenters. The van der Waals surface area contributed by atoms with E-state index in [1.807, 2.05) is 24.3 Å². The van der Waals surface area contributed by atoms with Gasteiger partial charge in [-0.1, -0.05) is 18.2 Å². The van der Waals surface area contributed by atoms with Crippen LogP contribution in [0.15, 0.2) is 48.5 Å². The van der Waals surface area contributed by atoms with Crippen molar-refractivity contribution < 1.29 is 14.3 Å². The standard InChI is InChI=1S/C16H16O3/c1-18-14-9-7-12(8-10-14)15(17)11-13-5-3-4-6-16(13)19-2/h3-10H,11H2,1-2H3. The Bertz CT molecular complexity index is 558. The molecule has 2 aromatic rings. The number of carbonyl (C=O) groups is 1. The molecule has 98 valence electrons. The van der Waals surface area contributed by atoms with Crippen molar-refractivity contribution in [1.29, 1.82) is 0 Å². The van der Waals surface area contributed by atoms with Crippen LogP contribution in [0.3, 0.4) is 0 Å². The third-order valence-electron chi connectivity index (χ3n) is 2.96. The molecule has 2 rings (SSSR count). The third-order valence-corrected chi connectivity index (χ3v) is 2.96. The molecular formula is C16H16O3. The predicted molar refractivity (Wildman–Crippen MR) is 74.0 cm³/mol. The van der Waals surface area contributed by atoms with E-state index in [2.05, 4.69) is 0 Å². The van der Waals surface area contributed by atoms with E-state index in [4.69, 9.17) is 9.47 Å². The van der Waals surface area contributed by atoms with Crippen molar-refractivity contribution in [2.45, 2.75) is 6.42 Å². The first-order valence-electron chi connectivity index (χ1n) is 6.03. The van der Waals surface area contributed by atoms with Crippen LogP contribution >= 0.6 is 0 Å². The Kier molecular flexibility index (Phi) is 4.18. The Morgan fingerprint density at radius 3 is 2.26 bits per heavy atom. The lowest BCUT2D eigenvalue weighted by Gasteiger charge is -2.07. The fraction of sp³-hybridized carbons (Fsp3) is 0.188. The fourth-order valence-corrected chi connectivity index (χ4v) is 1.90. The summed E-state index contributed by atoms with van der Waals surface area (Å²) in [6.45, 7) is 0. The van der Waals surface area contributed by atoms with E-state index >= 15 is 0 Å². The molecule has 0 amide bonds. The van der Waals surface area contributed by atoms with E-state index in [0.29, 0.717) is 12.0 Å². The number of rotatable bonds is 5. The summed E-state index contributed by atoms with van der Waals surface area (Å²) in [7, 11) is 3.21.